The monoisotopic (exact) mass is 433 g/mol. The summed E-state index contributed by atoms with van der Waals surface area (Å²) in [5.74, 6) is 0. The quantitative estimate of drug-likeness (QED) is 0.384. The average Bonchev–Trinajstić information content (AvgIpc) is 2.73. The Balaban J connectivity index is 0.00000320. The van der Waals surface area contributed by atoms with E-state index in [1.54, 1.807) is 0 Å². The molecule has 152 valence electrons. The molecule has 30 heavy (non-hydrogen) atoms. The van der Waals surface area contributed by atoms with E-state index in [0.29, 0.717) is 13.1 Å². The second kappa shape index (κ2) is 11.8. The van der Waals surface area contributed by atoms with Gasteiger partial charge in [0.15, 0.2) is 5.44 Å². The number of hydrogen-bond acceptors (Lipinski definition) is 5. The summed E-state index contributed by atoms with van der Waals surface area (Å²) >= 11 is 0. The van der Waals surface area contributed by atoms with Crippen molar-refractivity contribution in [3.63, 3.8) is 0 Å². The molecule has 0 saturated heterocycles. The Morgan fingerprint density at radius 1 is 0.733 bits per heavy atom. The molecule has 2 atom stereocenters. The van der Waals surface area contributed by atoms with Crippen LogP contribution in [0, 0.1) is 0 Å². The van der Waals surface area contributed by atoms with Crippen molar-refractivity contribution in [3.8, 4) is 0 Å². The third-order valence-corrected chi connectivity index (χ3v) is 5.74. The molecule has 3 rings (SSSR count). The van der Waals surface area contributed by atoms with Gasteiger partial charge < -0.3 is 9.66 Å². The Morgan fingerprint density at radius 3 is 1.47 bits per heavy atom. The predicted octanol–water partition coefficient (Wildman–Crippen LogP) is 0.168. The molecule has 0 heterocycles. The molecular weight excluding hydrogens is 409 g/mol. The van der Waals surface area contributed by atoms with E-state index in [-0.39, 0.29) is 36.0 Å². The SMILES string of the molecule is O=S(=O)([O-])C(O)[C@H](Cc1ccccc1)N(Cc1ccccc1)Cc1ccccc1.[Na+]. The Hall–Kier alpha value is -1.51. The normalized spacial score (nSPS) is 13.4. The van der Waals surface area contributed by atoms with Gasteiger partial charge in [0.2, 0.25) is 0 Å². The van der Waals surface area contributed by atoms with Crippen molar-refractivity contribution in [1.29, 1.82) is 0 Å². The molecule has 0 fully saturated rings. The minimum absolute atomic E-state index is 0. The Labute approximate surface area is 200 Å². The summed E-state index contributed by atoms with van der Waals surface area (Å²) in [6, 6.07) is 27.6. The molecule has 3 aromatic rings. The average molecular weight is 434 g/mol. The fourth-order valence-corrected chi connectivity index (χ4v) is 4.04. The van der Waals surface area contributed by atoms with Crippen molar-refractivity contribution in [1.82, 2.24) is 4.90 Å². The van der Waals surface area contributed by atoms with Crippen LogP contribution in [-0.4, -0.2) is 34.5 Å². The molecule has 1 N–H and O–H groups in total. The number of aliphatic hydroxyl groups excluding tert-OH is 1. The molecule has 0 bridgehead atoms. The first-order valence-electron chi connectivity index (χ1n) is 9.42. The molecule has 0 saturated carbocycles. The number of benzene rings is 3. The first-order valence-corrected chi connectivity index (χ1v) is 10.9. The van der Waals surface area contributed by atoms with Crippen molar-refractivity contribution in [2.75, 3.05) is 0 Å². The Bertz CT molecular complexity index is 944. The molecule has 0 aliphatic heterocycles. The van der Waals surface area contributed by atoms with Gasteiger partial charge in [-0.05, 0) is 23.1 Å². The van der Waals surface area contributed by atoms with Crippen LogP contribution in [0.3, 0.4) is 0 Å². The molecule has 0 radical (unpaired) electrons. The van der Waals surface area contributed by atoms with E-state index >= 15 is 0 Å². The minimum Gasteiger partial charge on any atom is -0.746 e. The zero-order chi connectivity index (χ0) is 20.7. The molecular formula is C23H24NNaO4S. The number of hydrogen-bond donors (Lipinski definition) is 1. The van der Waals surface area contributed by atoms with Crippen molar-refractivity contribution < 1.29 is 47.6 Å². The van der Waals surface area contributed by atoms with Gasteiger partial charge in [-0.3, -0.25) is 4.90 Å². The number of nitrogens with zero attached hydrogens (tertiary/aromatic N) is 1. The van der Waals surface area contributed by atoms with Crippen molar-refractivity contribution in [2.45, 2.75) is 31.0 Å². The fourth-order valence-electron chi connectivity index (χ4n) is 3.38. The fraction of sp³-hybridized carbons (Fsp3) is 0.217. The molecule has 0 aliphatic carbocycles. The zero-order valence-corrected chi connectivity index (χ0v) is 19.8. The van der Waals surface area contributed by atoms with Crippen LogP contribution in [0.4, 0.5) is 0 Å². The topological polar surface area (TPSA) is 80.7 Å². The van der Waals surface area contributed by atoms with E-state index in [1.807, 2.05) is 95.9 Å². The molecule has 1 unspecified atom stereocenters. The van der Waals surface area contributed by atoms with Crippen LogP contribution in [0.1, 0.15) is 16.7 Å². The first kappa shape index (κ1) is 24.8. The first-order chi connectivity index (χ1) is 13.9. The smallest absolute Gasteiger partial charge is 0.746 e. The van der Waals surface area contributed by atoms with Gasteiger partial charge in [0.05, 0.1) is 6.04 Å². The van der Waals surface area contributed by atoms with E-state index in [1.165, 1.54) is 0 Å². The van der Waals surface area contributed by atoms with Crippen LogP contribution in [0.15, 0.2) is 91.0 Å². The summed E-state index contributed by atoms with van der Waals surface area (Å²) in [6.07, 6.45) is 0.239. The minimum atomic E-state index is -4.89. The second-order valence-electron chi connectivity index (χ2n) is 7.02. The summed E-state index contributed by atoms with van der Waals surface area (Å²) < 4.78 is 35.2. The summed E-state index contributed by atoms with van der Waals surface area (Å²) in [7, 11) is -4.89. The molecule has 0 aromatic heterocycles. The zero-order valence-electron chi connectivity index (χ0n) is 17.0. The summed E-state index contributed by atoms with van der Waals surface area (Å²) in [5, 5.41) is 10.5. The van der Waals surface area contributed by atoms with Gasteiger partial charge in [0.25, 0.3) is 0 Å². The molecule has 0 aliphatic rings. The van der Waals surface area contributed by atoms with Gasteiger partial charge in [-0.1, -0.05) is 91.0 Å². The number of rotatable bonds is 9. The maximum absolute atomic E-state index is 11.7. The van der Waals surface area contributed by atoms with Gasteiger partial charge >= 0.3 is 29.6 Å². The second-order valence-corrected chi connectivity index (χ2v) is 8.49. The van der Waals surface area contributed by atoms with Crippen LogP contribution < -0.4 is 29.6 Å². The summed E-state index contributed by atoms with van der Waals surface area (Å²) in [5.41, 5.74) is 0.760. The molecule has 0 spiro atoms. The van der Waals surface area contributed by atoms with E-state index in [0.717, 1.165) is 16.7 Å². The van der Waals surface area contributed by atoms with E-state index < -0.39 is 21.6 Å². The maximum Gasteiger partial charge on any atom is 1.00 e. The van der Waals surface area contributed by atoms with Gasteiger partial charge in [-0.2, -0.15) is 0 Å². The summed E-state index contributed by atoms with van der Waals surface area (Å²) in [6.45, 7) is 0.805. The molecule has 0 amide bonds. The van der Waals surface area contributed by atoms with Gasteiger partial charge in [0.1, 0.15) is 10.1 Å². The Morgan fingerprint density at radius 2 is 1.10 bits per heavy atom. The maximum atomic E-state index is 11.7. The van der Waals surface area contributed by atoms with E-state index in [9.17, 15) is 18.1 Å². The standard InChI is InChI=1S/C23H25NO4S.Na/c25-23(29(26,27)28)22(16-19-10-4-1-5-11-19)24(17-20-12-6-2-7-13-20)18-21-14-8-3-9-15-21;/h1-15,22-23,25H,16-18H2,(H,26,27,28);/q;+1/p-1/t22-,23?;/m0./s1. The largest absolute Gasteiger partial charge is 1.00 e. The van der Waals surface area contributed by atoms with Crippen LogP contribution >= 0.6 is 0 Å². The Kier molecular flexibility index (Phi) is 9.71. The van der Waals surface area contributed by atoms with Crippen LogP contribution in [0.2, 0.25) is 0 Å². The van der Waals surface area contributed by atoms with E-state index in [4.69, 9.17) is 0 Å². The molecule has 7 heteroatoms. The third kappa shape index (κ3) is 7.32. The number of aliphatic hydroxyl groups is 1. The van der Waals surface area contributed by atoms with Crippen molar-refractivity contribution in [2.24, 2.45) is 0 Å². The molecule has 3 aromatic carbocycles. The van der Waals surface area contributed by atoms with Crippen molar-refractivity contribution in [3.05, 3.63) is 108 Å². The van der Waals surface area contributed by atoms with Gasteiger partial charge in [-0.15, -0.1) is 0 Å². The van der Waals surface area contributed by atoms with Crippen LogP contribution in [0.25, 0.3) is 0 Å². The summed E-state index contributed by atoms with van der Waals surface area (Å²) in [4.78, 5) is 1.86. The van der Waals surface area contributed by atoms with Crippen molar-refractivity contribution >= 4 is 10.1 Å². The van der Waals surface area contributed by atoms with Gasteiger partial charge in [-0.25, -0.2) is 8.42 Å². The third-order valence-electron chi connectivity index (χ3n) is 4.84. The van der Waals surface area contributed by atoms with Gasteiger partial charge in [0, 0.05) is 13.1 Å². The van der Waals surface area contributed by atoms with Crippen LogP contribution in [0.5, 0.6) is 0 Å². The molecule has 5 nitrogen and oxygen atoms in total. The van der Waals surface area contributed by atoms with E-state index in [2.05, 4.69) is 0 Å². The predicted molar refractivity (Wildman–Crippen MR) is 112 cm³/mol. The van der Waals surface area contributed by atoms with Crippen LogP contribution in [-0.2, 0) is 29.6 Å².